The summed E-state index contributed by atoms with van der Waals surface area (Å²) in [5.74, 6) is -2.56. The number of piperidine rings is 1. The van der Waals surface area contributed by atoms with Gasteiger partial charge in [-0.25, -0.2) is 17.2 Å². The molecule has 0 bridgehead atoms. The second kappa shape index (κ2) is 10.6. The van der Waals surface area contributed by atoms with Crippen LogP contribution in [0.5, 0.6) is 0 Å². The van der Waals surface area contributed by atoms with Crippen LogP contribution < -0.4 is 10.6 Å². The number of halogens is 2. The zero-order chi connectivity index (χ0) is 23.1. The quantitative estimate of drug-likeness (QED) is 0.614. The minimum absolute atomic E-state index is 0.0232. The molecule has 1 saturated heterocycles. The molecule has 2 aromatic carbocycles. The lowest BCUT2D eigenvalue weighted by Crippen LogP contribution is -2.46. The molecule has 2 N–H and O–H groups in total. The van der Waals surface area contributed by atoms with Gasteiger partial charge in [-0.3, -0.25) is 9.59 Å². The molecule has 0 saturated carbocycles. The van der Waals surface area contributed by atoms with Crippen LogP contribution in [0.2, 0.25) is 0 Å². The number of nitrogens with one attached hydrogen (secondary N) is 2. The number of hydrogen-bond acceptors (Lipinski definition) is 4. The van der Waals surface area contributed by atoms with Gasteiger partial charge in [-0.1, -0.05) is 18.6 Å². The molecule has 7 nitrogen and oxygen atoms in total. The minimum atomic E-state index is -3.79. The first kappa shape index (κ1) is 23.8. The van der Waals surface area contributed by atoms with E-state index in [1.807, 2.05) is 0 Å². The second-order valence-electron chi connectivity index (χ2n) is 7.57. The van der Waals surface area contributed by atoms with Gasteiger partial charge >= 0.3 is 11.8 Å². The van der Waals surface area contributed by atoms with Crippen molar-refractivity contribution >= 4 is 21.8 Å². The third-order valence-electron chi connectivity index (χ3n) is 5.33. The van der Waals surface area contributed by atoms with Crippen molar-refractivity contribution in [2.45, 2.75) is 43.2 Å². The third-order valence-corrected chi connectivity index (χ3v) is 7.30. The Morgan fingerprint density at radius 3 is 2.16 bits per heavy atom. The van der Waals surface area contributed by atoms with Gasteiger partial charge in [-0.05, 0) is 61.2 Å². The van der Waals surface area contributed by atoms with Crippen molar-refractivity contribution in [2.24, 2.45) is 0 Å². The van der Waals surface area contributed by atoms with Crippen LogP contribution in [0.3, 0.4) is 0 Å². The van der Waals surface area contributed by atoms with Crippen LogP contribution in [0.25, 0.3) is 0 Å². The SMILES string of the molecule is O=C(NCC[C@H]1CCCCN1S(=O)(=O)c1ccc(F)cc1)C(=O)NCc1ccc(F)cc1. The molecular weight excluding hydrogens is 440 g/mol. The summed E-state index contributed by atoms with van der Waals surface area (Å²) in [6, 6.07) is 9.90. The van der Waals surface area contributed by atoms with Crippen LogP contribution in [0, 0.1) is 11.6 Å². The summed E-state index contributed by atoms with van der Waals surface area (Å²) in [6.45, 7) is 0.554. The molecule has 1 fully saturated rings. The molecule has 32 heavy (non-hydrogen) atoms. The molecule has 0 aliphatic carbocycles. The molecule has 0 unspecified atom stereocenters. The average Bonchev–Trinajstić information content (AvgIpc) is 2.79. The van der Waals surface area contributed by atoms with E-state index in [9.17, 15) is 26.8 Å². The zero-order valence-electron chi connectivity index (χ0n) is 17.4. The van der Waals surface area contributed by atoms with Crippen molar-refractivity contribution in [3.05, 3.63) is 65.7 Å². The van der Waals surface area contributed by atoms with Crippen LogP contribution in [-0.4, -0.2) is 43.7 Å². The van der Waals surface area contributed by atoms with Crippen molar-refractivity contribution < 1.29 is 26.8 Å². The predicted octanol–water partition coefficient (Wildman–Crippen LogP) is 2.33. The first-order valence-corrected chi connectivity index (χ1v) is 11.8. The highest BCUT2D eigenvalue weighted by Gasteiger charge is 2.33. The maximum Gasteiger partial charge on any atom is 0.309 e. The smallest absolute Gasteiger partial charge is 0.309 e. The van der Waals surface area contributed by atoms with Gasteiger partial charge in [0, 0.05) is 25.7 Å². The number of sulfonamides is 1. The molecule has 172 valence electrons. The summed E-state index contributed by atoms with van der Waals surface area (Å²) in [4.78, 5) is 24.0. The van der Waals surface area contributed by atoms with Gasteiger partial charge in [0.25, 0.3) is 0 Å². The Morgan fingerprint density at radius 2 is 1.50 bits per heavy atom. The molecule has 1 aliphatic rings. The summed E-state index contributed by atoms with van der Waals surface area (Å²) >= 11 is 0. The summed E-state index contributed by atoms with van der Waals surface area (Å²) in [5.41, 5.74) is 0.649. The molecule has 1 heterocycles. The van der Waals surface area contributed by atoms with E-state index in [2.05, 4.69) is 10.6 Å². The summed E-state index contributed by atoms with van der Waals surface area (Å²) in [7, 11) is -3.79. The average molecular weight is 466 g/mol. The first-order valence-electron chi connectivity index (χ1n) is 10.4. The monoisotopic (exact) mass is 465 g/mol. The third kappa shape index (κ3) is 6.10. The van der Waals surface area contributed by atoms with Gasteiger partial charge in [-0.15, -0.1) is 0 Å². The molecule has 0 aromatic heterocycles. The summed E-state index contributed by atoms with van der Waals surface area (Å²) in [5, 5.41) is 4.97. The lowest BCUT2D eigenvalue weighted by atomic mass is 10.0. The van der Waals surface area contributed by atoms with Gasteiger partial charge in [0.1, 0.15) is 11.6 Å². The van der Waals surface area contributed by atoms with E-state index in [1.54, 1.807) is 0 Å². The van der Waals surface area contributed by atoms with Crippen LogP contribution >= 0.6 is 0 Å². The van der Waals surface area contributed by atoms with E-state index in [0.29, 0.717) is 24.9 Å². The number of hydrogen-bond donors (Lipinski definition) is 2. The fraction of sp³-hybridized carbons (Fsp3) is 0.364. The Balaban J connectivity index is 1.51. The summed E-state index contributed by atoms with van der Waals surface area (Å²) in [6.07, 6.45) is 2.55. The fourth-order valence-corrected chi connectivity index (χ4v) is 5.34. The van der Waals surface area contributed by atoms with Crippen molar-refractivity contribution in [1.29, 1.82) is 0 Å². The van der Waals surface area contributed by atoms with E-state index in [0.717, 1.165) is 25.0 Å². The minimum Gasteiger partial charge on any atom is -0.348 e. The van der Waals surface area contributed by atoms with E-state index in [-0.39, 0.29) is 24.0 Å². The zero-order valence-corrected chi connectivity index (χ0v) is 18.2. The Morgan fingerprint density at radius 1 is 0.906 bits per heavy atom. The van der Waals surface area contributed by atoms with Gasteiger partial charge in [0.15, 0.2) is 0 Å². The lowest BCUT2D eigenvalue weighted by Gasteiger charge is -2.34. The van der Waals surface area contributed by atoms with E-state index < -0.39 is 33.5 Å². The second-order valence-corrected chi connectivity index (χ2v) is 9.46. The Hall–Kier alpha value is -2.85. The Labute approximate surface area is 185 Å². The number of carbonyl (C=O) groups is 2. The molecule has 2 aromatic rings. The van der Waals surface area contributed by atoms with Gasteiger partial charge < -0.3 is 10.6 Å². The van der Waals surface area contributed by atoms with Crippen LogP contribution in [0.1, 0.15) is 31.2 Å². The standard InChI is InChI=1S/C22H25F2N3O4S/c23-17-6-4-16(5-7-17)15-26-22(29)21(28)25-13-12-19-3-1-2-14-27(19)32(30,31)20-10-8-18(24)9-11-20/h4-11,19H,1-3,12-15H2,(H,25,28)(H,26,29)/t19-/m1/s1. The molecule has 2 amide bonds. The molecule has 0 radical (unpaired) electrons. The highest BCUT2D eigenvalue weighted by atomic mass is 32.2. The number of carbonyl (C=O) groups excluding carboxylic acids is 2. The van der Waals surface area contributed by atoms with Gasteiger partial charge in [0.05, 0.1) is 4.90 Å². The first-order chi connectivity index (χ1) is 15.3. The lowest BCUT2D eigenvalue weighted by molar-refractivity contribution is -0.139. The molecule has 0 spiro atoms. The van der Waals surface area contributed by atoms with E-state index in [1.165, 1.54) is 40.7 Å². The highest BCUT2D eigenvalue weighted by Crippen LogP contribution is 2.27. The normalized spacial score (nSPS) is 17.0. The van der Waals surface area contributed by atoms with Crippen molar-refractivity contribution in [2.75, 3.05) is 13.1 Å². The number of nitrogens with zero attached hydrogens (tertiary/aromatic N) is 1. The molecular formula is C22H25F2N3O4S. The fourth-order valence-electron chi connectivity index (χ4n) is 3.62. The van der Waals surface area contributed by atoms with Crippen molar-refractivity contribution in [1.82, 2.24) is 14.9 Å². The van der Waals surface area contributed by atoms with Crippen LogP contribution in [0.15, 0.2) is 53.4 Å². The molecule has 1 aliphatic heterocycles. The Bertz CT molecular complexity index is 1040. The van der Waals surface area contributed by atoms with Crippen molar-refractivity contribution in [3.63, 3.8) is 0 Å². The topological polar surface area (TPSA) is 95.6 Å². The Kier molecular flexibility index (Phi) is 7.92. The van der Waals surface area contributed by atoms with Crippen LogP contribution in [0.4, 0.5) is 8.78 Å². The molecule has 3 rings (SSSR count). The maximum atomic E-state index is 13.2. The predicted molar refractivity (Wildman–Crippen MR) is 114 cm³/mol. The molecule has 1 atom stereocenters. The highest BCUT2D eigenvalue weighted by molar-refractivity contribution is 7.89. The van der Waals surface area contributed by atoms with E-state index >= 15 is 0 Å². The number of amides is 2. The number of rotatable bonds is 7. The van der Waals surface area contributed by atoms with Crippen LogP contribution in [-0.2, 0) is 26.2 Å². The van der Waals surface area contributed by atoms with Crippen molar-refractivity contribution in [3.8, 4) is 0 Å². The van der Waals surface area contributed by atoms with E-state index in [4.69, 9.17) is 0 Å². The number of benzene rings is 2. The van der Waals surface area contributed by atoms with Gasteiger partial charge in [0.2, 0.25) is 10.0 Å². The maximum absolute atomic E-state index is 13.2. The van der Waals surface area contributed by atoms with Gasteiger partial charge in [-0.2, -0.15) is 4.31 Å². The molecule has 10 heteroatoms. The largest absolute Gasteiger partial charge is 0.348 e. The summed E-state index contributed by atoms with van der Waals surface area (Å²) < 4.78 is 53.4.